The molecule has 0 spiro atoms. The standard InChI is InChI=1S/C10H12FN.ClH/c1-12-8-4-5-10(11)9(6-8)7-2-3-7;/h4-7,12H,2-3H2,1H3;1H. The number of hydrogen-bond acceptors (Lipinski definition) is 1. The van der Waals surface area contributed by atoms with Gasteiger partial charge in [0.2, 0.25) is 0 Å². The van der Waals surface area contributed by atoms with Gasteiger partial charge < -0.3 is 5.32 Å². The van der Waals surface area contributed by atoms with E-state index in [1.165, 1.54) is 0 Å². The summed E-state index contributed by atoms with van der Waals surface area (Å²) in [6.07, 6.45) is 2.29. The number of nitrogens with one attached hydrogen (secondary N) is 1. The van der Waals surface area contributed by atoms with Crippen LogP contribution >= 0.6 is 12.4 Å². The van der Waals surface area contributed by atoms with E-state index in [1.54, 1.807) is 12.1 Å². The van der Waals surface area contributed by atoms with Crippen molar-refractivity contribution < 1.29 is 4.39 Å². The van der Waals surface area contributed by atoms with Crippen LogP contribution in [0.2, 0.25) is 0 Å². The van der Waals surface area contributed by atoms with Gasteiger partial charge in [0.1, 0.15) is 5.82 Å². The number of benzene rings is 1. The first-order valence-electron chi connectivity index (χ1n) is 4.28. The second kappa shape index (κ2) is 3.97. The van der Waals surface area contributed by atoms with Gasteiger partial charge >= 0.3 is 0 Å². The average Bonchev–Trinajstić information content (AvgIpc) is 2.88. The van der Waals surface area contributed by atoms with Gasteiger partial charge in [0.25, 0.3) is 0 Å². The fourth-order valence-electron chi connectivity index (χ4n) is 1.41. The highest BCUT2D eigenvalue weighted by molar-refractivity contribution is 5.85. The number of rotatable bonds is 2. The summed E-state index contributed by atoms with van der Waals surface area (Å²) in [6, 6.07) is 5.22. The van der Waals surface area contributed by atoms with Crippen LogP contribution in [0.25, 0.3) is 0 Å². The Morgan fingerprint density at radius 3 is 2.62 bits per heavy atom. The minimum Gasteiger partial charge on any atom is -0.388 e. The molecular formula is C10H13ClFN. The SMILES string of the molecule is CNc1ccc(F)c(C2CC2)c1.Cl. The Bertz CT molecular complexity index is 297. The van der Waals surface area contributed by atoms with E-state index in [4.69, 9.17) is 0 Å². The summed E-state index contributed by atoms with van der Waals surface area (Å²) in [4.78, 5) is 0. The van der Waals surface area contributed by atoms with Crippen LogP contribution in [0.5, 0.6) is 0 Å². The largest absolute Gasteiger partial charge is 0.388 e. The van der Waals surface area contributed by atoms with Gasteiger partial charge in [-0.15, -0.1) is 12.4 Å². The first-order chi connectivity index (χ1) is 5.81. The molecule has 2 rings (SSSR count). The predicted octanol–water partition coefficient (Wildman–Crippen LogP) is 3.17. The molecule has 3 heteroatoms. The maximum Gasteiger partial charge on any atom is 0.126 e. The number of halogens is 2. The zero-order chi connectivity index (χ0) is 8.55. The molecule has 13 heavy (non-hydrogen) atoms. The monoisotopic (exact) mass is 201 g/mol. The van der Waals surface area contributed by atoms with Crippen LogP contribution in [0.4, 0.5) is 10.1 Å². The van der Waals surface area contributed by atoms with Crippen molar-refractivity contribution in [3.63, 3.8) is 0 Å². The normalized spacial score (nSPS) is 14.9. The van der Waals surface area contributed by atoms with Crippen molar-refractivity contribution in [1.82, 2.24) is 0 Å². The Morgan fingerprint density at radius 1 is 1.38 bits per heavy atom. The van der Waals surface area contributed by atoms with Gasteiger partial charge in [0, 0.05) is 12.7 Å². The van der Waals surface area contributed by atoms with Gasteiger partial charge in [-0.1, -0.05) is 0 Å². The summed E-state index contributed by atoms with van der Waals surface area (Å²) in [5.74, 6) is 0.426. The first-order valence-corrected chi connectivity index (χ1v) is 4.28. The molecule has 1 aromatic carbocycles. The van der Waals surface area contributed by atoms with Crippen molar-refractivity contribution in [2.45, 2.75) is 18.8 Å². The van der Waals surface area contributed by atoms with E-state index in [0.29, 0.717) is 5.92 Å². The molecule has 0 atom stereocenters. The van der Waals surface area contributed by atoms with E-state index in [9.17, 15) is 4.39 Å². The molecule has 0 radical (unpaired) electrons. The lowest BCUT2D eigenvalue weighted by Crippen LogP contribution is -1.92. The number of anilines is 1. The minimum absolute atomic E-state index is 0. The summed E-state index contributed by atoms with van der Waals surface area (Å²) >= 11 is 0. The fourth-order valence-corrected chi connectivity index (χ4v) is 1.41. The molecule has 0 aromatic heterocycles. The molecule has 0 unspecified atom stereocenters. The summed E-state index contributed by atoms with van der Waals surface area (Å²) in [6.45, 7) is 0. The second-order valence-electron chi connectivity index (χ2n) is 3.26. The molecule has 0 heterocycles. The summed E-state index contributed by atoms with van der Waals surface area (Å²) < 4.78 is 13.2. The van der Waals surface area contributed by atoms with Crippen LogP contribution in [0, 0.1) is 5.82 Å². The van der Waals surface area contributed by atoms with Gasteiger partial charge in [-0.2, -0.15) is 0 Å². The van der Waals surface area contributed by atoms with E-state index in [-0.39, 0.29) is 18.2 Å². The van der Waals surface area contributed by atoms with Gasteiger partial charge in [-0.3, -0.25) is 0 Å². The zero-order valence-electron chi connectivity index (χ0n) is 7.51. The van der Waals surface area contributed by atoms with Crippen LogP contribution in [0.15, 0.2) is 18.2 Å². The third-order valence-electron chi connectivity index (χ3n) is 2.30. The second-order valence-corrected chi connectivity index (χ2v) is 3.26. The Balaban J connectivity index is 0.000000845. The fraction of sp³-hybridized carbons (Fsp3) is 0.400. The van der Waals surface area contributed by atoms with Crippen LogP contribution in [-0.2, 0) is 0 Å². The van der Waals surface area contributed by atoms with Gasteiger partial charge in [0.15, 0.2) is 0 Å². The molecule has 72 valence electrons. The Hall–Kier alpha value is -0.760. The molecule has 0 amide bonds. The summed E-state index contributed by atoms with van der Waals surface area (Å²) in [7, 11) is 1.85. The van der Waals surface area contributed by atoms with Crippen molar-refractivity contribution in [3.05, 3.63) is 29.6 Å². The molecule has 1 aliphatic rings. The van der Waals surface area contributed by atoms with E-state index in [0.717, 1.165) is 24.1 Å². The highest BCUT2D eigenvalue weighted by atomic mass is 35.5. The molecule has 0 aliphatic heterocycles. The van der Waals surface area contributed by atoms with Crippen LogP contribution in [0.3, 0.4) is 0 Å². The van der Waals surface area contributed by atoms with E-state index in [1.807, 2.05) is 13.1 Å². The lowest BCUT2D eigenvalue weighted by molar-refractivity contribution is 0.611. The quantitative estimate of drug-likeness (QED) is 0.775. The third kappa shape index (κ3) is 2.13. The Labute approximate surface area is 83.8 Å². The zero-order valence-corrected chi connectivity index (χ0v) is 8.33. The van der Waals surface area contributed by atoms with Crippen molar-refractivity contribution >= 4 is 18.1 Å². The molecule has 1 aromatic rings. The van der Waals surface area contributed by atoms with Crippen molar-refractivity contribution in [2.24, 2.45) is 0 Å². The summed E-state index contributed by atoms with van der Waals surface area (Å²) in [5, 5.41) is 3.01. The molecule has 1 saturated carbocycles. The molecule has 0 bridgehead atoms. The number of hydrogen-bond donors (Lipinski definition) is 1. The van der Waals surface area contributed by atoms with E-state index < -0.39 is 0 Å². The molecule has 1 nitrogen and oxygen atoms in total. The highest BCUT2D eigenvalue weighted by Gasteiger charge is 2.26. The molecule has 1 aliphatic carbocycles. The molecule has 1 N–H and O–H groups in total. The van der Waals surface area contributed by atoms with Gasteiger partial charge in [-0.25, -0.2) is 4.39 Å². The van der Waals surface area contributed by atoms with Crippen molar-refractivity contribution in [3.8, 4) is 0 Å². The Kier molecular flexibility index (Phi) is 3.15. The highest BCUT2D eigenvalue weighted by Crippen LogP contribution is 2.41. The molecule has 0 saturated heterocycles. The van der Waals surface area contributed by atoms with Crippen molar-refractivity contribution in [2.75, 3.05) is 12.4 Å². The van der Waals surface area contributed by atoms with Gasteiger partial charge in [0.05, 0.1) is 0 Å². The van der Waals surface area contributed by atoms with Crippen LogP contribution < -0.4 is 5.32 Å². The molecule has 1 fully saturated rings. The Morgan fingerprint density at radius 2 is 2.08 bits per heavy atom. The molecular weight excluding hydrogens is 189 g/mol. The maximum atomic E-state index is 13.2. The lowest BCUT2D eigenvalue weighted by Gasteiger charge is -2.04. The minimum atomic E-state index is -0.0588. The van der Waals surface area contributed by atoms with Crippen LogP contribution in [-0.4, -0.2) is 7.05 Å². The smallest absolute Gasteiger partial charge is 0.126 e. The van der Waals surface area contributed by atoms with E-state index in [2.05, 4.69) is 5.32 Å². The predicted molar refractivity (Wildman–Crippen MR) is 55.2 cm³/mol. The van der Waals surface area contributed by atoms with E-state index >= 15 is 0 Å². The van der Waals surface area contributed by atoms with Crippen molar-refractivity contribution in [1.29, 1.82) is 0 Å². The summed E-state index contributed by atoms with van der Waals surface area (Å²) in [5.41, 5.74) is 1.88. The lowest BCUT2D eigenvalue weighted by atomic mass is 10.1. The van der Waals surface area contributed by atoms with Crippen LogP contribution in [0.1, 0.15) is 24.3 Å². The maximum absolute atomic E-state index is 13.2. The topological polar surface area (TPSA) is 12.0 Å². The average molecular weight is 202 g/mol. The third-order valence-corrected chi connectivity index (χ3v) is 2.30. The first kappa shape index (κ1) is 10.3. The van der Waals surface area contributed by atoms with Gasteiger partial charge in [-0.05, 0) is 42.5 Å².